The minimum atomic E-state index is -0.368. The molecule has 0 saturated heterocycles. The zero-order chi connectivity index (χ0) is 18.0. The molecule has 4 heteroatoms. The molecule has 1 atom stereocenters. The van der Waals surface area contributed by atoms with Crippen LogP contribution in [0.5, 0.6) is 0 Å². The third kappa shape index (κ3) is 3.33. The van der Waals surface area contributed by atoms with Crippen molar-refractivity contribution in [1.82, 2.24) is 10.2 Å². The molecule has 25 heavy (non-hydrogen) atoms. The maximum Gasteiger partial charge on any atom is 0.259 e. The predicted octanol–water partition coefficient (Wildman–Crippen LogP) is 3.59. The van der Waals surface area contributed by atoms with Crippen LogP contribution in [0, 0.1) is 12.8 Å². The van der Waals surface area contributed by atoms with Crippen LogP contribution in [-0.4, -0.2) is 22.9 Å². The first kappa shape index (κ1) is 17.0. The van der Waals surface area contributed by atoms with E-state index in [0.29, 0.717) is 11.1 Å². The van der Waals surface area contributed by atoms with Gasteiger partial charge < -0.3 is 5.32 Å². The van der Waals surface area contributed by atoms with E-state index in [2.05, 4.69) is 5.32 Å². The van der Waals surface area contributed by atoms with Gasteiger partial charge in [0.05, 0.1) is 5.57 Å². The summed E-state index contributed by atoms with van der Waals surface area (Å²) in [4.78, 5) is 27.3. The van der Waals surface area contributed by atoms with Crippen molar-refractivity contribution in [2.45, 2.75) is 26.9 Å². The molecule has 2 aromatic carbocycles. The standard InChI is InChI=1S/C21H22N2O2/c1-14(2)19-22-20(24)18(17-12-8-7-9-15(17)3)13-23(19)21(25)16-10-5-4-6-11-16/h4-14,19H,1-3H3,(H,22,24)/t19-/m0/s1. The van der Waals surface area contributed by atoms with Gasteiger partial charge in [-0.1, -0.05) is 56.3 Å². The molecule has 1 heterocycles. The lowest BCUT2D eigenvalue weighted by molar-refractivity contribution is -0.118. The van der Waals surface area contributed by atoms with Gasteiger partial charge in [0.25, 0.3) is 11.8 Å². The van der Waals surface area contributed by atoms with Gasteiger partial charge >= 0.3 is 0 Å². The van der Waals surface area contributed by atoms with Crippen LogP contribution in [0.1, 0.15) is 35.3 Å². The molecule has 0 radical (unpaired) electrons. The largest absolute Gasteiger partial charge is 0.331 e. The summed E-state index contributed by atoms with van der Waals surface area (Å²) in [7, 11) is 0. The van der Waals surface area contributed by atoms with Gasteiger partial charge in [0.2, 0.25) is 0 Å². The minimum absolute atomic E-state index is 0.0892. The molecule has 0 unspecified atom stereocenters. The van der Waals surface area contributed by atoms with Gasteiger partial charge in [-0.05, 0) is 36.1 Å². The Labute approximate surface area is 148 Å². The van der Waals surface area contributed by atoms with Crippen LogP contribution < -0.4 is 5.32 Å². The van der Waals surface area contributed by atoms with Gasteiger partial charge in [0, 0.05) is 11.8 Å². The fourth-order valence-corrected chi connectivity index (χ4v) is 3.03. The zero-order valence-electron chi connectivity index (χ0n) is 14.7. The summed E-state index contributed by atoms with van der Waals surface area (Å²) in [6.45, 7) is 5.94. The second kappa shape index (κ2) is 6.93. The van der Waals surface area contributed by atoms with E-state index in [1.807, 2.05) is 63.2 Å². The Morgan fingerprint density at radius 3 is 2.32 bits per heavy atom. The Morgan fingerprint density at radius 2 is 1.68 bits per heavy atom. The van der Waals surface area contributed by atoms with E-state index in [4.69, 9.17) is 0 Å². The third-order valence-electron chi connectivity index (χ3n) is 4.41. The van der Waals surface area contributed by atoms with Crippen LogP contribution in [0.2, 0.25) is 0 Å². The topological polar surface area (TPSA) is 49.4 Å². The molecule has 1 aliphatic rings. The summed E-state index contributed by atoms with van der Waals surface area (Å²) in [6.07, 6.45) is 1.33. The number of rotatable bonds is 3. The fraction of sp³-hybridized carbons (Fsp3) is 0.238. The molecular weight excluding hydrogens is 312 g/mol. The van der Waals surface area contributed by atoms with E-state index < -0.39 is 0 Å². The van der Waals surface area contributed by atoms with E-state index in [9.17, 15) is 9.59 Å². The van der Waals surface area contributed by atoms with E-state index in [-0.39, 0.29) is 23.9 Å². The SMILES string of the molecule is Cc1ccccc1C1=CN(C(=O)c2ccccc2)[C@@H](C(C)C)NC1=O. The Morgan fingerprint density at radius 1 is 1.04 bits per heavy atom. The molecule has 1 N–H and O–H groups in total. The van der Waals surface area contributed by atoms with E-state index in [1.165, 1.54) is 0 Å². The van der Waals surface area contributed by atoms with Gasteiger partial charge in [0.1, 0.15) is 6.17 Å². The summed E-state index contributed by atoms with van der Waals surface area (Å²) >= 11 is 0. The number of hydrogen-bond acceptors (Lipinski definition) is 2. The second-order valence-corrected chi connectivity index (χ2v) is 6.60. The van der Waals surface area contributed by atoms with E-state index in [1.54, 1.807) is 23.2 Å². The predicted molar refractivity (Wildman–Crippen MR) is 98.5 cm³/mol. The van der Waals surface area contributed by atoms with E-state index >= 15 is 0 Å². The minimum Gasteiger partial charge on any atom is -0.331 e. The first-order valence-electron chi connectivity index (χ1n) is 8.45. The summed E-state index contributed by atoms with van der Waals surface area (Å²) in [5.74, 6) is -0.179. The molecule has 0 saturated carbocycles. The van der Waals surface area contributed by atoms with Crippen LogP contribution in [0.3, 0.4) is 0 Å². The lowest BCUT2D eigenvalue weighted by atomic mass is 9.97. The van der Waals surface area contributed by atoms with Gasteiger partial charge in [-0.15, -0.1) is 0 Å². The van der Waals surface area contributed by atoms with Crippen LogP contribution in [0.15, 0.2) is 60.8 Å². The number of carbonyl (C=O) groups is 2. The number of hydrogen-bond donors (Lipinski definition) is 1. The Kier molecular flexibility index (Phi) is 4.70. The van der Waals surface area contributed by atoms with Crippen LogP contribution in [-0.2, 0) is 4.79 Å². The number of amides is 2. The van der Waals surface area contributed by atoms with Crippen molar-refractivity contribution in [3.8, 4) is 0 Å². The zero-order valence-corrected chi connectivity index (χ0v) is 14.7. The Bertz CT molecular complexity index is 825. The summed E-state index contributed by atoms with van der Waals surface area (Å²) in [5.41, 5.74) is 2.95. The van der Waals surface area contributed by atoms with E-state index in [0.717, 1.165) is 11.1 Å². The van der Waals surface area contributed by atoms with Gasteiger partial charge in [0.15, 0.2) is 0 Å². The summed E-state index contributed by atoms with van der Waals surface area (Å²) < 4.78 is 0. The molecule has 4 nitrogen and oxygen atoms in total. The highest BCUT2D eigenvalue weighted by atomic mass is 16.2. The molecule has 3 rings (SSSR count). The lowest BCUT2D eigenvalue weighted by Crippen LogP contribution is -2.54. The van der Waals surface area contributed by atoms with Gasteiger partial charge in [-0.2, -0.15) is 0 Å². The lowest BCUT2D eigenvalue weighted by Gasteiger charge is -2.37. The molecule has 128 valence electrons. The molecule has 2 aromatic rings. The Hall–Kier alpha value is -2.88. The molecular formula is C21H22N2O2. The molecule has 0 fully saturated rings. The van der Waals surface area contributed by atoms with Crippen molar-refractivity contribution in [2.24, 2.45) is 5.92 Å². The molecule has 0 aliphatic carbocycles. The highest BCUT2D eigenvalue weighted by Crippen LogP contribution is 2.26. The second-order valence-electron chi connectivity index (χ2n) is 6.60. The highest BCUT2D eigenvalue weighted by Gasteiger charge is 2.33. The smallest absolute Gasteiger partial charge is 0.259 e. The van der Waals surface area contributed by atoms with Crippen molar-refractivity contribution in [3.63, 3.8) is 0 Å². The normalized spacial score (nSPS) is 17.3. The third-order valence-corrected chi connectivity index (χ3v) is 4.41. The van der Waals surface area contributed by atoms with Gasteiger partial charge in [-0.3, -0.25) is 14.5 Å². The van der Waals surface area contributed by atoms with Crippen LogP contribution in [0.4, 0.5) is 0 Å². The van der Waals surface area contributed by atoms with Gasteiger partial charge in [-0.25, -0.2) is 0 Å². The highest BCUT2D eigenvalue weighted by molar-refractivity contribution is 6.21. The fourth-order valence-electron chi connectivity index (χ4n) is 3.03. The summed E-state index contributed by atoms with van der Waals surface area (Å²) in [5, 5.41) is 2.99. The Balaban J connectivity index is 2.07. The number of carbonyl (C=O) groups excluding carboxylic acids is 2. The molecule has 0 bridgehead atoms. The quantitative estimate of drug-likeness (QED) is 0.932. The van der Waals surface area contributed by atoms with Crippen molar-refractivity contribution < 1.29 is 9.59 Å². The van der Waals surface area contributed by atoms with Crippen molar-refractivity contribution in [1.29, 1.82) is 0 Å². The average molecular weight is 334 g/mol. The maximum atomic E-state index is 13.0. The number of nitrogens with zero attached hydrogens (tertiary/aromatic N) is 1. The van der Waals surface area contributed by atoms with Crippen molar-refractivity contribution >= 4 is 17.4 Å². The maximum absolute atomic E-state index is 13.0. The monoisotopic (exact) mass is 334 g/mol. The van der Waals surface area contributed by atoms with Crippen LogP contribution in [0.25, 0.3) is 5.57 Å². The molecule has 2 amide bonds. The van der Waals surface area contributed by atoms with Crippen molar-refractivity contribution in [3.05, 3.63) is 77.5 Å². The number of nitrogens with one attached hydrogen (secondary N) is 1. The molecule has 1 aliphatic heterocycles. The average Bonchev–Trinajstić information content (AvgIpc) is 2.62. The van der Waals surface area contributed by atoms with Crippen molar-refractivity contribution in [2.75, 3.05) is 0 Å². The first-order valence-corrected chi connectivity index (χ1v) is 8.45. The summed E-state index contributed by atoms with van der Waals surface area (Å²) in [6, 6.07) is 16.8. The molecule has 0 spiro atoms. The number of benzene rings is 2. The van der Waals surface area contributed by atoms with Crippen LogP contribution >= 0.6 is 0 Å². The number of aryl methyl sites for hydroxylation is 1. The molecule has 0 aromatic heterocycles. The first-order chi connectivity index (χ1) is 12.0.